The summed E-state index contributed by atoms with van der Waals surface area (Å²) in [4.78, 5) is 17.7. The molecule has 0 aromatic carbocycles. The van der Waals surface area contributed by atoms with E-state index in [1.165, 1.54) is 0 Å². The first-order valence-electron chi connectivity index (χ1n) is 9.69. The Bertz CT molecular complexity index is 506. The van der Waals surface area contributed by atoms with Gasteiger partial charge < -0.3 is 4.90 Å². The molecular formula is C21H40N2O. The SMILES string of the molecule is CC(C)N1C(C)CC(C)(C)CC2(CN(C)C2=O)C(C)(C)CC1(C)C. The first kappa shape index (κ1) is 19.8. The van der Waals surface area contributed by atoms with E-state index in [-0.39, 0.29) is 21.8 Å². The van der Waals surface area contributed by atoms with Crippen LogP contribution in [0, 0.1) is 16.2 Å². The number of hydrogen-bond acceptors (Lipinski definition) is 2. The van der Waals surface area contributed by atoms with Gasteiger partial charge in [0.25, 0.3) is 0 Å². The van der Waals surface area contributed by atoms with Crippen molar-refractivity contribution in [2.45, 2.75) is 99.2 Å². The van der Waals surface area contributed by atoms with E-state index in [2.05, 4.69) is 67.2 Å². The molecule has 2 heterocycles. The lowest BCUT2D eigenvalue weighted by Gasteiger charge is -2.59. The Morgan fingerprint density at radius 1 is 1.04 bits per heavy atom. The normalized spacial score (nSPS) is 36.2. The van der Waals surface area contributed by atoms with Crippen molar-refractivity contribution >= 4 is 5.91 Å². The lowest BCUT2D eigenvalue weighted by molar-refractivity contribution is -0.178. The van der Waals surface area contributed by atoms with Gasteiger partial charge in [0.15, 0.2) is 0 Å². The van der Waals surface area contributed by atoms with Crippen LogP contribution in [0.1, 0.15) is 81.6 Å². The summed E-state index contributed by atoms with van der Waals surface area (Å²) in [5, 5.41) is 0. The van der Waals surface area contributed by atoms with E-state index >= 15 is 0 Å². The van der Waals surface area contributed by atoms with Crippen LogP contribution in [-0.2, 0) is 4.79 Å². The second-order valence-electron chi connectivity index (χ2n) is 11.0. The van der Waals surface area contributed by atoms with Crippen LogP contribution in [-0.4, -0.2) is 46.9 Å². The van der Waals surface area contributed by atoms with Gasteiger partial charge in [0.1, 0.15) is 0 Å². The minimum absolute atomic E-state index is 0.00539. The van der Waals surface area contributed by atoms with Crippen LogP contribution in [0.2, 0.25) is 0 Å². The Hall–Kier alpha value is -0.570. The maximum Gasteiger partial charge on any atom is 0.230 e. The molecule has 2 fully saturated rings. The fourth-order valence-electron chi connectivity index (χ4n) is 6.63. The molecule has 2 saturated heterocycles. The van der Waals surface area contributed by atoms with E-state index in [9.17, 15) is 4.79 Å². The smallest absolute Gasteiger partial charge is 0.230 e. The van der Waals surface area contributed by atoms with Crippen molar-refractivity contribution in [1.82, 2.24) is 9.80 Å². The van der Waals surface area contributed by atoms with Gasteiger partial charge in [-0.25, -0.2) is 0 Å². The third-order valence-corrected chi connectivity index (χ3v) is 6.79. The van der Waals surface area contributed by atoms with Crippen LogP contribution in [0.3, 0.4) is 0 Å². The molecule has 24 heavy (non-hydrogen) atoms. The van der Waals surface area contributed by atoms with Crippen LogP contribution >= 0.6 is 0 Å². The molecule has 0 N–H and O–H groups in total. The molecule has 0 aromatic rings. The second-order valence-corrected chi connectivity index (χ2v) is 11.0. The molecule has 2 aliphatic heterocycles. The predicted molar refractivity (Wildman–Crippen MR) is 102 cm³/mol. The number of likely N-dealkylation sites (tertiary alicyclic amines) is 1. The van der Waals surface area contributed by atoms with Gasteiger partial charge in [-0.3, -0.25) is 9.69 Å². The topological polar surface area (TPSA) is 23.6 Å². The third kappa shape index (κ3) is 3.02. The Kier molecular flexibility index (Phi) is 4.71. The molecule has 2 unspecified atom stereocenters. The molecule has 2 atom stereocenters. The highest BCUT2D eigenvalue weighted by molar-refractivity contribution is 5.89. The van der Waals surface area contributed by atoms with Gasteiger partial charge in [-0.2, -0.15) is 0 Å². The Morgan fingerprint density at radius 3 is 2.00 bits per heavy atom. The molecule has 3 heteroatoms. The maximum absolute atomic E-state index is 13.0. The number of rotatable bonds is 1. The fraction of sp³-hybridized carbons (Fsp3) is 0.952. The quantitative estimate of drug-likeness (QED) is 0.655. The summed E-state index contributed by atoms with van der Waals surface area (Å²) < 4.78 is 0. The molecule has 140 valence electrons. The summed E-state index contributed by atoms with van der Waals surface area (Å²) in [6.45, 7) is 22.1. The Labute approximate surface area is 150 Å². The Balaban J connectivity index is 2.54. The van der Waals surface area contributed by atoms with E-state index in [0.29, 0.717) is 18.0 Å². The zero-order valence-corrected chi connectivity index (χ0v) is 17.8. The summed E-state index contributed by atoms with van der Waals surface area (Å²) in [5.41, 5.74) is 0.0455. The number of carbonyl (C=O) groups excluding carboxylic acids is 1. The zero-order chi connectivity index (χ0) is 18.7. The van der Waals surface area contributed by atoms with E-state index in [0.717, 1.165) is 25.8 Å². The number of hydrogen-bond donors (Lipinski definition) is 0. The highest BCUT2D eigenvalue weighted by Gasteiger charge is 2.62. The molecule has 0 aromatic heterocycles. The molecule has 3 nitrogen and oxygen atoms in total. The van der Waals surface area contributed by atoms with Crippen molar-refractivity contribution in [3.05, 3.63) is 0 Å². The number of β-lactam (4-membered cyclic amide) rings is 1. The maximum atomic E-state index is 13.0. The van der Waals surface area contributed by atoms with E-state index in [1.807, 2.05) is 11.9 Å². The van der Waals surface area contributed by atoms with Crippen molar-refractivity contribution in [1.29, 1.82) is 0 Å². The number of carbonyl (C=O) groups is 1. The first-order chi connectivity index (χ1) is 10.7. The van der Waals surface area contributed by atoms with Gasteiger partial charge in [0.2, 0.25) is 5.91 Å². The molecule has 0 aliphatic carbocycles. The minimum atomic E-state index is -0.199. The van der Waals surface area contributed by atoms with Gasteiger partial charge in [0.05, 0.1) is 5.41 Å². The van der Waals surface area contributed by atoms with Crippen LogP contribution in [0.15, 0.2) is 0 Å². The van der Waals surface area contributed by atoms with E-state index < -0.39 is 0 Å². The van der Waals surface area contributed by atoms with Crippen molar-refractivity contribution in [3.8, 4) is 0 Å². The summed E-state index contributed by atoms with van der Waals surface area (Å²) in [7, 11) is 1.96. The Morgan fingerprint density at radius 2 is 1.58 bits per heavy atom. The van der Waals surface area contributed by atoms with Gasteiger partial charge in [-0.1, -0.05) is 27.7 Å². The van der Waals surface area contributed by atoms with Crippen molar-refractivity contribution < 1.29 is 4.79 Å². The molecule has 1 amide bonds. The van der Waals surface area contributed by atoms with Gasteiger partial charge in [0, 0.05) is 31.2 Å². The zero-order valence-electron chi connectivity index (χ0n) is 17.8. The predicted octanol–water partition coefficient (Wildman–Crippen LogP) is 4.56. The lowest BCUT2D eigenvalue weighted by Crippen LogP contribution is -2.67. The summed E-state index contributed by atoms with van der Waals surface area (Å²) in [6, 6.07) is 1.03. The van der Waals surface area contributed by atoms with E-state index in [1.54, 1.807) is 0 Å². The molecule has 1 spiro atoms. The summed E-state index contributed by atoms with van der Waals surface area (Å²) in [6.07, 6.45) is 3.20. The lowest BCUT2D eigenvalue weighted by atomic mass is 9.52. The molecule has 2 rings (SSSR count). The average Bonchev–Trinajstić information content (AvgIpc) is 2.34. The van der Waals surface area contributed by atoms with Crippen LogP contribution in [0.4, 0.5) is 0 Å². The van der Waals surface area contributed by atoms with Crippen molar-refractivity contribution in [2.75, 3.05) is 13.6 Å². The average molecular weight is 337 g/mol. The molecule has 0 bridgehead atoms. The van der Waals surface area contributed by atoms with Crippen molar-refractivity contribution in [3.63, 3.8) is 0 Å². The van der Waals surface area contributed by atoms with Crippen LogP contribution in [0.25, 0.3) is 0 Å². The van der Waals surface area contributed by atoms with Crippen molar-refractivity contribution in [2.24, 2.45) is 16.2 Å². The van der Waals surface area contributed by atoms with Gasteiger partial charge in [-0.05, 0) is 64.7 Å². The van der Waals surface area contributed by atoms with Gasteiger partial charge in [-0.15, -0.1) is 0 Å². The molecule has 0 saturated carbocycles. The number of nitrogens with zero attached hydrogens (tertiary/aromatic N) is 2. The number of amides is 1. The largest absolute Gasteiger partial charge is 0.344 e. The standard InChI is InChI=1S/C21H40N2O/c1-15(2)23-16(3)11-18(4,5)12-21(14-22(10)17(21)24)19(6,7)13-20(23,8)9/h15-16H,11-14H2,1-10H3. The molecule has 2 aliphatic rings. The highest BCUT2D eigenvalue weighted by atomic mass is 16.2. The van der Waals surface area contributed by atoms with Crippen LogP contribution in [0.5, 0.6) is 0 Å². The second kappa shape index (κ2) is 5.72. The highest BCUT2D eigenvalue weighted by Crippen LogP contribution is 2.58. The fourth-order valence-corrected chi connectivity index (χ4v) is 6.63. The van der Waals surface area contributed by atoms with Crippen LogP contribution < -0.4 is 0 Å². The summed E-state index contributed by atoms with van der Waals surface area (Å²) in [5.74, 6) is 0.363. The first-order valence-corrected chi connectivity index (χ1v) is 9.69. The monoisotopic (exact) mass is 336 g/mol. The van der Waals surface area contributed by atoms with Gasteiger partial charge >= 0.3 is 0 Å². The molecular weight excluding hydrogens is 296 g/mol. The van der Waals surface area contributed by atoms with E-state index in [4.69, 9.17) is 0 Å². The third-order valence-electron chi connectivity index (χ3n) is 6.79. The molecule has 0 radical (unpaired) electrons. The minimum Gasteiger partial charge on any atom is -0.344 e. The summed E-state index contributed by atoms with van der Waals surface area (Å²) >= 11 is 0.